The van der Waals surface area contributed by atoms with Crippen LogP contribution in [0.15, 0.2) is 10.9 Å². The molecule has 0 heterocycles. The molecule has 24 heavy (non-hydrogen) atoms. The number of unbranched alkanes of at least 4 members (excludes halogenated alkanes) is 4. The van der Waals surface area contributed by atoms with Gasteiger partial charge in [-0.25, -0.2) is 0 Å². The third-order valence-corrected chi connectivity index (χ3v) is 18.3. The van der Waals surface area contributed by atoms with Gasteiger partial charge in [-0.2, -0.15) is 0 Å². The minimum Gasteiger partial charge on any atom is -0.434 e. The SMILES string of the molecule is CCCCCC/C=C(\[Si](C)(C)C)[Si](C)(O[Si](C)(C)C)O[Si](C)(C)C. The van der Waals surface area contributed by atoms with Crippen LogP contribution in [0.3, 0.4) is 0 Å². The van der Waals surface area contributed by atoms with Crippen LogP contribution in [0.4, 0.5) is 0 Å². The van der Waals surface area contributed by atoms with Gasteiger partial charge in [0.25, 0.3) is 0 Å². The first-order chi connectivity index (χ1) is 10.6. The minimum absolute atomic E-state index is 1.19. The van der Waals surface area contributed by atoms with E-state index in [-0.39, 0.29) is 0 Å². The largest absolute Gasteiger partial charge is 0.434 e. The van der Waals surface area contributed by atoms with Gasteiger partial charge in [0.1, 0.15) is 0 Å². The van der Waals surface area contributed by atoms with Crippen molar-refractivity contribution in [2.45, 2.75) is 104 Å². The van der Waals surface area contributed by atoms with Crippen LogP contribution in [0, 0.1) is 0 Å². The van der Waals surface area contributed by atoms with Crippen LogP contribution in [-0.2, 0) is 8.23 Å². The first-order valence-electron chi connectivity index (χ1n) is 9.72. The third-order valence-electron chi connectivity index (χ3n) is 3.71. The Bertz CT molecular complexity index is 385. The van der Waals surface area contributed by atoms with Crippen molar-refractivity contribution in [1.29, 1.82) is 0 Å². The van der Waals surface area contributed by atoms with Gasteiger partial charge in [0.2, 0.25) is 0 Å². The standard InChI is InChI=1S/C18H44O2Si4/c1-12-13-14-15-16-17-18(21(2,3)4)24(11,19-22(5,6)7)20-23(8,9)10/h17H,12-16H2,1-11H3/b18-17+. The summed E-state index contributed by atoms with van der Waals surface area (Å²) >= 11 is 0. The highest BCUT2D eigenvalue weighted by atomic mass is 28.5. The molecule has 0 amide bonds. The fraction of sp³-hybridized carbons (Fsp3) is 0.889. The summed E-state index contributed by atoms with van der Waals surface area (Å²) in [4.78, 5) is 1.59. The molecule has 2 nitrogen and oxygen atoms in total. The van der Waals surface area contributed by atoms with E-state index in [0.717, 1.165) is 0 Å². The smallest absolute Gasteiger partial charge is 0.340 e. The summed E-state index contributed by atoms with van der Waals surface area (Å²) in [5, 5.41) is 0. The van der Waals surface area contributed by atoms with Crippen LogP contribution in [0.2, 0.25) is 65.5 Å². The third kappa shape index (κ3) is 10.5. The summed E-state index contributed by atoms with van der Waals surface area (Å²) < 4.78 is 13.6. The molecule has 0 aromatic carbocycles. The average Bonchev–Trinajstić information content (AvgIpc) is 2.26. The highest BCUT2D eigenvalue weighted by Crippen LogP contribution is 2.33. The van der Waals surface area contributed by atoms with E-state index in [1.54, 1.807) is 4.82 Å². The van der Waals surface area contributed by atoms with E-state index in [2.05, 4.69) is 78.5 Å². The Morgan fingerprint density at radius 3 is 1.50 bits per heavy atom. The monoisotopic (exact) mass is 404 g/mol. The van der Waals surface area contributed by atoms with Crippen LogP contribution >= 0.6 is 0 Å². The number of allylic oxidation sites excluding steroid dienone is 1. The van der Waals surface area contributed by atoms with Crippen molar-refractivity contribution in [2.75, 3.05) is 0 Å². The van der Waals surface area contributed by atoms with Crippen molar-refractivity contribution >= 4 is 33.3 Å². The summed E-state index contributed by atoms with van der Waals surface area (Å²) in [6, 6.07) is 0. The van der Waals surface area contributed by atoms with Gasteiger partial charge in [0, 0.05) is 0 Å². The molecule has 0 aliphatic heterocycles. The Hall–Kier alpha value is 0.528. The maximum atomic E-state index is 6.82. The number of hydrogen-bond acceptors (Lipinski definition) is 2. The minimum atomic E-state index is -2.31. The highest BCUT2D eigenvalue weighted by Gasteiger charge is 2.47. The number of rotatable bonds is 11. The number of hydrogen-bond donors (Lipinski definition) is 0. The summed E-state index contributed by atoms with van der Waals surface area (Å²) in [7, 11) is -7.09. The summed E-state index contributed by atoms with van der Waals surface area (Å²) in [5.41, 5.74) is 0. The average molecular weight is 405 g/mol. The topological polar surface area (TPSA) is 18.5 Å². The van der Waals surface area contributed by atoms with Crippen molar-refractivity contribution < 1.29 is 8.23 Å². The Balaban J connectivity index is 5.61. The fourth-order valence-electron chi connectivity index (χ4n) is 3.29. The lowest BCUT2D eigenvalue weighted by Crippen LogP contribution is -2.58. The second-order valence-corrected chi connectivity index (χ2v) is 28.1. The van der Waals surface area contributed by atoms with E-state index in [1.165, 1.54) is 32.1 Å². The second kappa shape index (κ2) is 9.46. The van der Waals surface area contributed by atoms with Gasteiger partial charge in [0.15, 0.2) is 16.6 Å². The zero-order valence-electron chi connectivity index (χ0n) is 18.4. The molecule has 6 heteroatoms. The molecule has 0 bridgehead atoms. The molecule has 0 saturated heterocycles. The molecule has 0 unspecified atom stereocenters. The molecule has 0 aromatic rings. The van der Waals surface area contributed by atoms with E-state index in [0.29, 0.717) is 0 Å². The quantitative estimate of drug-likeness (QED) is 0.270. The summed E-state index contributed by atoms with van der Waals surface area (Å²) in [6.07, 6.45) is 9.01. The first kappa shape index (κ1) is 24.5. The van der Waals surface area contributed by atoms with Crippen LogP contribution in [0.5, 0.6) is 0 Å². The zero-order chi connectivity index (χ0) is 19.2. The predicted molar refractivity (Wildman–Crippen MR) is 121 cm³/mol. The van der Waals surface area contributed by atoms with Crippen LogP contribution < -0.4 is 0 Å². The van der Waals surface area contributed by atoms with Crippen molar-refractivity contribution in [2.24, 2.45) is 0 Å². The van der Waals surface area contributed by atoms with Gasteiger partial charge in [0.05, 0.1) is 8.07 Å². The molecule has 0 aliphatic carbocycles. The first-order valence-corrected chi connectivity index (χ1v) is 22.4. The zero-order valence-corrected chi connectivity index (χ0v) is 22.4. The van der Waals surface area contributed by atoms with E-state index in [9.17, 15) is 0 Å². The van der Waals surface area contributed by atoms with Gasteiger partial charge in [-0.05, 0) is 63.5 Å². The molecule has 0 radical (unpaired) electrons. The Kier molecular flexibility index (Phi) is 9.67. The second-order valence-electron chi connectivity index (χ2n) is 10.1. The Labute approximate surface area is 156 Å². The maximum Gasteiger partial charge on any atom is 0.340 e. The molecule has 0 saturated carbocycles. The van der Waals surface area contributed by atoms with E-state index >= 15 is 0 Å². The molecule has 144 valence electrons. The summed E-state index contributed by atoms with van der Waals surface area (Å²) in [6.45, 7) is 25.8. The van der Waals surface area contributed by atoms with Gasteiger partial charge < -0.3 is 8.23 Å². The Morgan fingerprint density at radius 1 is 0.708 bits per heavy atom. The van der Waals surface area contributed by atoms with Crippen molar-refractivity contribution in [3.63, 3.8) is 0 Å². The lowest BCUT2D eigenvalue weighted by molar-refractivity contribution is 0.400. The normalized spacial score (nSPS) is 15.0. The lowest BCUT2D eigenvalue weighted by atomic mass is 10.2. The maximum absolute atomic E-state index is 6.82. The molecular weight excluding hydrogens is 361 g/mol. The lowest BCUT2D eigenvalue weighted by Gasteiger charge is -2.43. The highest BCUT2D eigenvalue weighted by molar-refractivity contribution is 7.05. The van der Waals surface area contributed by atoms with Crippen molar-refractivity contribution in [3.05, 3.63) is 10.9 Å². The fourth-order valence-corrected chi connectivity index (χ4v) is 21.7. The molecule has 0 aromatic heterocycles. The molecule has 0 spiro atoms. The van der Waals surface area contributed by atoms with Crippen LogP contribution in [0.1, 0.15) is 39.0 Å². The van der Waals surface area contributed by atoms with E-state index in [4.69, 9.17) is 8.23 Å². The summed E-state index contributed by atoms with van der Waals surface area (Å²) in [5.74, 6) is 0. The van der Waals surface area contributed by atoms with Crippen molar-refractivity contribution in [3.8, 4) is 0 Å². The van der Waals surface area contributed by atoms with Gasteiger partial charge >= 0.3 is 8.56 Å². The molecular formula is C18H44O2Si4. The van der Waals surface area contributed by atoms with Gasteiger partial charge in [-0.3, -0.25) is 0 Å². The Morgan fingerprint density at radius 2 is 1.17 bits per heavy atom. The van der Waals surface area contributed by atoms with Crippen molar-refractivity contribution in [1.82, 2.24) is 0 Å². The van der Waals surface area contributed by atoms with Gasteiger partial charge in [-0.1, -0.05) is 51.9 Å². The molecule has 0 aliphatic rings. The van der Waals surface area contributed by atoms with E-state index < -0.39 is 33.3 Å². The molecule has 0 rings (SSSR count). The molecule has 0 atom stereocenters. The van der Waals surface area contributed by atoms with E-state index in [1.807, 2.05) is 0 Å². The van der Waals surface area contributed by atoms with Crippen LogP contribution in [0.25, 0.3) is 0 Å². The molecule has 0 fully saturated rings. The molecule has 0 N–H and O–H groups in total. The predicted octanol–water partition coefficient (Wildman–Crippen LogP) is 7.07. The van der Waals surface area contributed by atoms with Crippen LogP contribution in [-0.4, -0.2) is 33.3 Å². The van der Waals surface area contributed by atoms with Gasteiger partial charge in [-0.15, -0.1) is 0 Å².